The van der Waals surface area contributed by atoms with Gasteiger partial charge in [0.25, 0.3) is 0 Å². The molecular weight excluding hydrogens is 390 g/mol. The molecule has 154 valence electrons. The van der Waals surface area contributed by atoms with E-state index in [9.17, 15) is 13.2 Å². The maximum Gasteiger partial charge on any atom is 0.245 e. The van der Waals surface area contributed by atoms with Gasteiger partial charge in [0.2, 0.25) is 15.9 Å². The number of hydrogen-bond acceptors (Lipinski definition) is 5. The predicted octanol–water partition coefficient (Wildman–Crippen LogP) is 1.55. The number of carbonyl (C=O) groups is 1. The molecule has 2 saturated heterocycles. The molecule has 8 heteroatoms. The van der Waals surface area contributed by atoms with E-state index >= 15 is 0 Å². The van der Waals surface area contributed by atoms with Crippen molar-refractivity contribution in [2.24, 2.45) is 0 Å². The molecule has 4 rings (SSSR count). The van der Waals surface area contributed by atoms with Crippen molar-refractivity contribution in [1.82, 2.24) is 14.1 Å². The van der Waals surface area contributed by atoms with E-state index in [1.807, 2.05) is 30.3 Å². The lowest BCUT2D eigenvalue weighted by Crippen LogP contribution is -2.45. The summed E-state index contributed by atoms with van der Waals surface area (Å²) in [5, 5.41) is 0. The molecule has 0 bridgehead atoms. The fourth-order valence-electron chi connectivity index (χ4n) is 3.86. The Balaban J connectivity index is 1.63. The summed E-state index contributed by atoms with van der Waals surface area (Å²) in [6.07, 6.45) is -0.644. The molecule has 2 aliphatic rings. The van der Waals surface area contributed by atoms with Gasteiger partial charge >= 0.3 is 0 Å². The quantitative estimate of drug-likeness (QED) is 0.741. The van der Waals surface area contributed by atoms with E-state index in [-0.39, 0.29) is 23.9 Å². The Morgan fingerprint density at radius 2 is 1.52 bits per heavy atom. The van der Waals surface area contributed by atoms with Crippen LogP contribution in [0.4, 0.5) is 0 Å². The summed E-state index contributed by atoms with van der Waals surface area (Å²) < 4.78 is 33.5. The molecule has 0 aliphatic carbocycles. The van der Waals surface area contributed by atoms with Gasteiger partial charge in [0.1, 0.15) is 6.17 Å². The maximum atomic E-state index is 13.3. The Bertz CT molecular complexity index is 931. The summed E-state index contributed by atoms with van der Waals surface area (Å²) >= 11 is 0. The van der Waals surface area contributed by atoms with Crippen LogP contribution >= 0.6 is 0 Å². The second-order valence-corrected chi connectivity index (χ2v) is 9.08. The molecule has 0 N–H and O–H groups in total. The van der Waals surface area contributed by atoms with Crippen LogP contribution in [-0.4, -0.2) is 74.4 Å². The summed E-state index contributed by atoms with van der Waals surface area (Å²) in [5.74, 6) is -0.0634. The summed E-state index contributed by atoms with van der Waals surface area (Å²) in [5.41, 5.74) is 0.792. The van der Waals surface area contributed by atoms with E-state index in [2.05, 4.69) is 4.90 Å². The fraction of sp³-hybridized carbons (Fsp3) is 0.381. The lowest BCUT2D eigenvalue weighted by Gasteiger charge is -2.32. The van der Waals surface area contributed by atoms with Crippen LogP contribution in [0.25, 0.3) is 0 Å². The van der Waals surface area contributed by atoms with Crippen LogP contribution in [0.2, 0.25) is 0 Å². The maximum absolute atomic E-state index is 13.3. The Morgan fingerprint density at radius 1 is 0.897 bits per heavy atom. The van der Waals surface area contributed by atoms with Crippen LogP contribution in [-0.2, 0) is 19.6 Å². The van der Waals surface area contributed by atoms with Crippen molar-refractivity contribution >= 4 is 15.9 Å². The number of amides is 1. The SMILES string of the molecule is O=C(CN1CCOCC1)N1CCN(S(=O)(=O)c2ccccc2)[C@@H]1c1ccccc1. The smallest absolute Gasteiger partial charge is 0.245 e. The number of benzene rings is 2. The van der Waals surface area contributed by atoms with Gasteiger partial charge < -0.3 is 9.64 Å². The van der Waals surface area contributed by atoms with Gasteiger partial charge in [-0.2, -0.15) is 4.31 Å². The molecule has 1 amide bonds. The van der Waals surface area contributed by atoms with Crippen LogP contribution in [0.1, 0.15) is 11.7 Å². The molecule has 2 fully saturated rings. The molecule has 2 aromatic carbocycles. The molecule has 2 heterocycles. The molecule has 0 saturated carbocycles. The standard InChI is InChI=1S/C21H25N3O4S/c25-20(17-22-13-15-28-16-14-22)23-11-12-24(21(23)18-7-3-1-4-8-18)29(26,27)19-9-5-2-6-10-19/h1-10,21H,11-17H2/t21-/m1/s1. The number of carbonyl (C=O) groups excluding carboxylic acids is 1. The lowest BCUT2D eigenvalue weighted by atomic mass is 10.1. The first-order valence-electron chi connectivity index (χ1n) is 9.79. The van der Waals surface area contributed by atoms with Gasteiger partial charge in [0.05, 0.1) is 24.7 Å². The van der Waals surface area contributed by atoms with Crippen molar-refractivity contribution < 1.29 is 17.9 Å². The molecule has 29 heavy (non-hydrogen) atoms. The molecule has 2 aliphatic heterocycles. The summed E-state index contributed by atoms with van der Waals surface area (Å²) in [6.45, 7) is 3.56. The van der Waals surface area contributed by atoms with Crippen LogP contribution in [0.15, 0.2) is 65.6 Å². The van der Waals surface area contributed by atoms with E-state index in [0.29, 0.717) is 32.8 Å². The third-order valence-electron chi connectivity index (χ3n) is 5.36. The zero-order chi connectivity index (χ0) is 20.3. The van der Waals surface area contributed by atoms with Crippen molar-refractivity contribution in [3.05, 3.63) is 66.2 Å². The van der Waals surface area contributed by atoms with E-state index < -0.39 is 16.2 Å². The zero-order valence-corrected chi connectivity index (χ0v) is 17.0. The predicted molar refractivity (Wildman–Crippen MR) is 108 cm³/mol. The van der Waals surface area contributed by atoms with Gasteiger partial charge in [-0.15, -0.1) is 0 Å². The van der Waals surface area contributed by atoms with Crippen LogP contribution in [0, 0.1) is 0 Å². The van der Waals surface area contributed by atoms with E-state index in [1.54, 1.807) is 35.2 Å². The molecule has 7 nitrogen and oxygen atoms in total. The highest BCUT2D eigenvalue weighted by Crippen LogP contribution is 2.35. The number of sulfonamides is 1. The number of nitrogens with zero attached hydrogens (tertiary/aromatic N) is 3. The molecule has 0 radical (unpaired) electrons. The molecule has 1 atom stereocenters. The first kappa shape index (κ1) is 20.0. The number of hydrogen-bond donors (Lipinski definition) is 0. The summed E-state index contributed by atoms with van der Waals surface area (Å²) in [6, 6.07) is 17.8. The monoisotopic (exact) mass is 415 g/mol. The van der Waals surface area contributed by atoms with Gasteiger partial charge in [0.15, 0.2) is 0 Å². The van der Waals surface area contributed by atoms with Crippen molar-refractivity contribution in [2.75, 3.05) is 45.9 Å². The summed E-state index contributed by atoms with van der Waals surface area (Å²) in [7, 11) is -3.73. The minimum atomic E-state index is -3.73. The minimum Gasteiger partial charge on any atom is -0.379 e. The Kier molecular flexibility index (Phi) is 5.96. The van der Waals surface area contributed by atoms with E-state index in [4.69, 9.17) is 4.74 Å². The van der Waals surface area contributed by atoms with E-state index in [1.165, 1.54) is 4.31 Å². The topological polar surface area (TPSA) is 70.2 Å². The van der Waals surface area contributed by atoms with Crippen molar-refractivity contribution in [3.8, 4) is 0 Å². The van der Waals surface area contributed by atoms with Crippen LogP contribution in [0.3, 0.4) is 0 Å². The normalized spacial score (nSPS) is 21.4. The Labute approximate surface area is 171 Å². The molecule has 0 aromatic heterocycles. The Morgan fingerprint density at radius 3 is 2.17 bits per heavy atom. The first-order valence-corrected chi connectivity index (χ1v) is 11.2. The van der Waals surface area contributed by atoms with E-state index in [0.717, 1.165) is 5.56 Å². The molecular formula is C21H25N3O4S. The zero-order valence-electron chi connectivity index (χ0n) is 16.2. The second-order valence-electron chi connectivity index (χ2n) is 7.19. The number of morpholine rings is 1. The van der Waals surface area contributed by atoms with Gasteiger partial charge in [-0.1, -0.05) is 48.5 Å². The second kappa shape index (κ2) is 8.62. The van der Waals surface area contributed by atoms with Gasteiger partial charge in [-0.05, 0) is 17.7 Å². The fourth-order valence-corrected chi connectivity index (χ4v) is 5.45. The lowest BCUT2D eigenvalue weighted by molar-refractivity contribution is -0.135. The first-order chi connectivity index (χ1) is 14.1. The molecule has 0 unspecified atom stereocenters. The van der Waals surface area contributed by atoms with Gasteiger partial charge in [-0.3, -0.25) is 9.69 Å². The van der Waals surface area contributed by atoms with Crippen molar-refractivity contribution in [3.63, 3.8) is 0 Å². The highest BCUT2D eigenvalue weighted by atomic mass is 32.2. The molecule has 0 spiro atoms. The third-order valence-corrected chi connectivity index (χ3v) is 7.23. The third kappa shape index (κ3) is 4.20. The van der Waals surface area contributed by atoms with Crippen LogP contribution < -0.4 is 0 Å². The Hall–Kier alpha value is -2.26. The van der Waals surface area contributed by atoms with Crippen LogP contribution in [0.5, 0.6) is 0 Å². The minimum absolute atomic E-state index is 0.0634. The van der Waals surface area contributed by atoms with Crippen molar-refractivity contribution in [2.45, 2.75) is 11.1 Å². The average molecular weight is 416 g/mol. The number of rotatable bonds is 5. The number of ether oxygens (including phenoxy) is 1. The van der Waals surface area contributed by atoms with Gasteiger partial charge in [-0.25, -0.2) is 8.42 Å². The summed E-state index contributed by atoms with van der Waals surface area (Å²) in [4.78, 5) is 17.1. The highest BCUT2D eigenvalue weighted by molar-refractivity contribution is 7.89. The average Bonchev–Trinajstić information content (AvgIpc) is 3.22. The highest BCUT2D eigenvalue weighted by Gasteiger charge is 2.43. The largest absolute Gasteiger partial charge is 0.379 e. The molecule has 2 aromatic rings. The van der Waals surface area contributed by atoms with Crippen molar-refractivity contribution in [1.29, 1.82) is 0 Å². The van der Waals surface area contributed by atoms with Gasteiger partial charge in [0, 0.05) is 26.2 Å².